The van der Waals surface area contributed by atoms with Crippen LogP contribution in [0.2, 0.25) is 0 Å². The standard InChI is InChI=1S/C20H30N2O4/c1-7-18(23)21-11-12-22(19(24)26-20(3,4)5)16(13-21)15-9-8-10-17(25-6)14(15)2/h8-10,16H,7,11-13H2,1-6H3. The zero-order valence-electron chi connectivity index (χ0n) is 16.7. The average Bonchev–Trinajstić information content (AvgIpc) is 2.59. The second kappa shape index (κ2) is 7.98. The van der Waals surface area contributed by atoms with Gasteiger partial charge in [0.2, 0.25) is 5.91 Å². The number of amides is 2. The highest BCUT2D eigenvalue weighted by molar-refractivity contribution is 5.77. The zero-order chi connectivity index (χ0) is 19.5. The Morgan fingerprint density at radius 3 is 2.50 bits per heavy atom. The van der Waals surface area contributed by atoms with Gasteiger partial charge in [-0.25, -0.2) is 4.79 Å². The Bertz CT molecular complexity index is 666. The van der Waals surface area contributed by atoms with Gasteiger partial charge in [-0.1, -0.05) is 19.1 Å². The molecule has 1 fully saturated rings. The molecule has 6 heteroatoms. The highest BCUT2D eigenvalue weighted by Crippen LogP contribution is 2.33. The van der Waals surface area contributed by atoms with Gasteiger partial charge in [-0.05, 0) is 44.9 Å². The Morgan fingerprint density at radius 2 is 1.92 bits per heavy atom. The molecule has 1 saturated heterocycles. The number of methoxy groups -OCH3 is 1. The van der Waals surface area contributed by atoms with Crippen molar-refractivity contribution < 1.29 is 19.1 Å². The Hall–Kier alpha value is -2.24. The normalized spacial score (nSPS) is 17.8. The molecule has 0 aliphatic carbocycles. The van der Waals surface area contributed by atoms with E-state index < -0.39 is 5.60 Å². The first kappa shape index (κ1) is 20.1. The number of carbonyl (C=O) groups is 2. The molecule has 0 N–H and O–H groups in total. The van der Waals surface area contributed by atoms with E-state index in [9.17, 15) is 9.59 Å². The third kappa shape index (κ3) is 4.48. The third-order valence-corrected chi connectivity index (χ3v) is 4.57. The Labute approximate surface area is 156 Å². The number of hydrogen-bond donors (Lipinski definition) is 0. The molecule has 0 spiro atoms. The maximum Gasteiger partial charge on any atom is 0.410 e. The van der Waals surface area contributed by atoms with Crippen LogP contribution in [0.3, 0.4) is 0 Å². The Morgan fingerprint density at radius 1 is 1.23 bits per heavy atom. The summed E-state index contributed by atoms with van der Waals surface area (Å²) in [6.45, 7) is 10.8. The number of ether oxygens (including phenoxy) is 2. The summed E-state index contributed by atoms with van der Waals surface area (Å²) >= 11 is 0. The number of hydrogen-bond acceptors (Lipinski definition) is 4. The molecule has 0 radical (unpaired) electrons. The molecule has 2 amide bonds. The van der Waals surface area contributed by atoms with E-state index in [0.29, 0.717) is 26.1 Å². The van der Waals surface area contributed by atoms with E-state index in [-0.39, 0.29) is 18.0 Å². The topological polar surface area (TPSA) is 59.1 Å². The van der Waals surface area contributed by atoms with Crippen molar-refractivity contribution in [2.24, 2.45) is 0 Å². The van der Waals surface area contributed by atoms with E-state index in [1.54, 1.807) is 12.0 Å². The lowest BCUT2D eigenvalue weighted by molar-refractivity contribution is -0.134. The minimum absolute atomic E-state index is 0.0967. The number of nitrogens with zero attached hydrogens (tertiary/aromatic N) is 2. The molecule has 6 nitrogen and oxygen atoms in total. The maximum absolute atomic E-state index is 12.8. The molecule has 0 saturated carbocycles. The summed E-state index contributed by atoms with van der Waals surface area (Å²) in [5.74, 6) is 0.866. The van der Waals surface area contributed by atoms with Crippen molar-refractivity contribution in [1.82, 2.24) is 9.80 Å². The molecule has 144 valence electrons. The lowest BCUT2D eigenvalue weighted by Gasteiger charge is -2.42. The number of carbonyl (C=O) groups excluding carboxylic acids is 2. The number of rotatable bonds is 3. The Kier molecular flexibility index (Phi) is 6.16. The average molecular weight is 362 g/mol. The fraction of sp³-hybridized carbons (Fsp3) is 0.600. The molecule has 0 bridgehead atoms. The van der Waals surface area contributed by atoms with Crippen molar-refractivity contribution in [3.63, 3.8) is 0 Å². The molecular formula is C20H30N2O4. The molecule has 1 aromatic rings. The van der Waals surface area contributed by atoms with Crippen LogP contribution < -0.4 is 4.74 Å². The van der Waals surface area contributed by atoms with Crippen LogP contribution in [0.4, 0.5) is 4.79 Å². The second-order valence-electron chi connectivity index (χ2n) is 7.56. The smallest absolute Gasteiger partial charge is 0.410 e. The van der Waals surface area contributed by atoms with Gasteiger partial charge < -0.3 is 14.4 Å². The summed E-state index contributed by atoms with van der Waals surface area (Å²) in [5.41, 5.74) is 1.38. The lowest BCUT2D eigenvalue weighted by Crippen LogP contribution is -2.53. The number of piperazine rings is 1. The Balaban J connectivity index is 2.38. The summed E-state index contributed by atoms with van der Waals surface area (Å²) in [6.07, 6.45) is 0.101. The molecule has 1 atom stereocenters. The summed E-state index contributed by atoms with van der Waals surface area (Å²) in [4.78, 5) is 28.6. The highest BCUT2D eigenvalue weighted by atomic mass is 16.6. The highest BCUT2D eigenvalue weighted by Gasteiger charge is 2.36. The van der Waals surface area contributed by atoms with Gasteiger partial charge in [-0.15, -0.1) is 0 Å². The van der Waals surface area contributed by atoms with Gasteiger partial charge in [-0.3, -0.25) is 9.69 Å². The molecule has 1 aromatic carbocycles. The molecule has 1 aliphatic rings. The first-order valence-electron chi connectivity index (χ1n) is 9.08. The monoisotopic (exact) mass is 362 g/mol. The summed E-state index contributed by atoms with van der Waals surface area (Å²) in [6, 6.07) is 5.53. The van der Waals surface area contributed by atoms with Crippen LogP contribution in [0.25, 0.3) is 0 Å². The van der Waals surface area contributed by atoms with E-state index in [0.717, 1.165) is 16.9 Å². The van der Waals surface area contributed by atoms with Crippen LogP contribution in [0.5, 0.6) is 5.75 Å². The van der Waals surface area contributed by atoms with Gasteiger partial charge in [0.15, 0.2) is 0 Å². The summed E-state index contributed by atoms with van der Waals surface area (Å²) in [7, 11) is 1.63. The molecule has 2 rings (SSSR count). The molecule has 1 aliphatic heterocycles. The minimum Gasteiger partial charge on any atom is -0.496 e. The van der Waals surface area contributed by atoms with Crippen LogP contribution in [-0.2, 0) is 9.53 Å². The molecule has 1 unspecified atom stereocenters. The van der Waals surface area contributed by atoms with E-state index in [1.807, 2.05) is 57.7 Å². The molecular weight excluding hydrogens is 332 g/mol. The van der Waals surface area contributed by atoms with Crippen molar-refractivity contribution in [3.05, 3.63) is 29.3 Å². The fourth-order valence-corrected chi connectivity index (χ4v) is 3.25. The van der Waals surface area contributed by atoms with Gasteiger partial charge >= 0.3 is 6.09 Å². The van der Waals surface area contributed by atoms with Gasteiger partial charge in [-0.2, -0.15) is 0 Å². The summed E-state index contributed by atoms with van der Waals surface area (Å²) < 4.78 is 11.0. The molecule has 26 heavy (non-hydrogen) atoms. The first-order valence-corrected chi connectivity index (χ1v) is 9.08. The quantitative estimate of drug-likeness (QED) is 0.825. The number of benzene rings is 1. The van der Waals surface area contributed by atoms with Crippen LogP contribution in [0, 0.1) is 6.92 Å². The summed E-state index contributed by atoms with van der Waals surface area (Å²) in [5, 5.41) is 0. The van der Waals surface area contributed by atoms with Gasteiger partial charge in [0.1, 0.15) is 11.4 Å². The van der Waals surface area contributed by atoms with E-state index in [4.69, 9.17) is 9.47 Å². The zero-order valence-corrected chi connectivity index (χ0v) is 16.7. The van der Waals surface area contributed by atoms with Crippen molar-refractivity contribution in [2.75, 3.05) is 26.7 Å². The minimum atomic E-state index is -0.568. The van der Waals surface area contributed by atoms with Crippen molar-refractivity contribution in [3.8, 4) is 5.75 Å². The molecule has 0 aromatic heterocycles. The van der Waals surface area contributed by atoms with E-state index >= 15 is 0 Å². The van der Waals surface area contributed by atoms with Crippen LogP contribution in [0.15, 0.2) is 18.2 Å². The largest absolute Gasteiger partial charge is 0.496 e. The lowest BCUT2D eigenvalue weighted by atomic mass is 9.97. The predicted molar refractivity (Wildman–Crippen MR) is 100 cm³/mol. The van der Waals surface area contributed by atoms with E-state index in [1.165, 1.54) is 0 Å². The molecule has 1 heterocycles. The maximum atomic E-state index is 12.8. The van der Waals surface area contributed by atoms with Gasteiger partial charge in [0.25, 0.3) is 0 Å². The fourth-order valence-electron chi connectivity index (χ4n) is 3.25. The SMILES string of the molecule is CCC(=O)N1CCN(C(=O)OC(C)(C)C)C(c2cccc(OC)c2C)C1. The van der Waals surface area contributed by atoms with E-state index in [2.05, 4.69) is 0 Å². The van der Waals surface area contributed by atoms with Crippen molar-refractivity contribution in [1.29, 1.82) is 0 Å². The van der Waals surface area contributed by atoms with Crippen molar-refractivity contribution in [2.45, 2.75) is 52.7 Å². The van der Waals surface area contributed by atoms with Crippen LogP contribution in [0.1, 0.15) is 51.3 Å². The van der Waals surface area contributed by atoms with Gasteiger partial charge in [0.05, 0.1) is 13.2 Å². The van der Waals surface area contributed by atoms with Gasteiger partial charge in [0, 0.05) is 26.1 Å². The van der Waals surface area contributed by atoms with Crippen LogP contribution in [-0.4, -0.2) is 54.1 Å². The second-order valence-corrected chi connectivity index (χ2v) is 7.56. The van der Waals surface area contributed by atoms with Crippen LogP contribution >= 0.6 is 0 Å². The predicted octanol–water partition coefficient (Wildman–Crippen LogP) is 3.53. The first-order chi connectivity index (χ1) is 12.2. The van der Waals surface area contributed by atoms with Crippen molar-refractivity contribution >= 4 is 12.0 Å². The third-order valence-electron chi connectivity index (χ3n) is 4.57.